The first kappa shape index (κ1) is 27.8. The lowest BCUT2D eigenvalue weighted by atomic mass is 9.91. The largest absolute Gasteiger partial charge is 0.493 e. The lowest BCUT2D eigenvalue weighted by Gasteiger charge is -2.37. The number of carboxylic acid groups (broad SMARTS) is 2. The lowest BCUT2D eigenvalue weighted by Crippen LogP contribution is -2.46. The molecule has 1 saturated heterocycles. The average molecular weight is 484 g/mol. The molecule has 1 aromatic rings. The highest BCUT2D eigenvalue weighted by Gasteiger charge is 2.34. The van der Waals surface area contributed by atoms with Crippen molar-refractivity contribution in [2.24, 2.45) is 0 Å². The maximum Gasteiger partial charge on any atom is 0.333 e. The predicted molar refractivity (Wildman–Crippen MR) is 123 cm³/mol. The zero-order valence-electron chi connectivity index (χ0n) is 19.9. The summed E-state index contributed by atoms with van der Waals surface area (Å²) in [5.41, 5.74) is 1.20. The molecule has 2 fully saturated rings. The Morgan fingerprint density at radius 3 is 2.35 bits per heavy atom. The fourth-order valence-electron chi connectivity index (χ4n) is 4.38. The third kappa shape index (κ3) is 8.75. The van der Waals surface area contributed by atoms with Crippen LogP contribution in [0.15, 0.2) is 18.2 Å². The molecule has 0 bridgehead atoms. The SMILES string of the molecule is COc1ccc(CCO[C@H]2CCCCC2N2CC[C@@H](O)C2)cc1OC.O=C(O)CC(O)C(=O)O. The maximum atomic E-state index is 9.83. The van der Waals surface area contributed by atoms with E-state index in [9.17, 15) is 14.7 Å². The highest BCUT2D eigenvalue weighted by Crippen LogP contribution is 2.30. The molecule has 1 aliphatic carbocycles. The topological polar surface area (TPSA) is 146 Å². The number of β-amino-alcohol motifs (C(OH)–C–C–N with tert-alkyl or cyclic N) is 1. The molecule has 34 heavy (non-hydrogen) atoms. The van der Waals surface area contributed by atoms with Crippen LogP contribution in [0.25, 0.3) is 0 Å². The van der Waals surface area contributed by atoms with Gasteiger partial charge in [0.25, 0.3) is 0 Å². The predicted octanol–water partition coefficient (Wildman–Crippen LogP) is 1.55. The number of likely N-dealkylation sites (tertiary alicyclic amines) is 1. The molecule has 2 aliphatic rings. The summed E-state index contributed by atoms with van der Waals surface area (Å²) >= 11 is 0. The highest BCUT2D eigenvalue weighted by atomic mass is 16.5. The van der Waals surface area contributed by atoms with Crippen LogP contribution < -0.4 is 9.47 Å². The van der Waals surface area contributed by atoms with Crippen LogP contribution in [-0.2, 0) is 20.7 Å². The molecule has 2 unspecified atom stereocenters. The number of aliphatic hydroxyl groups is 2. The summed E-state index contributed by atoms with van der Waals surface area (Å²) in [6, 6.07) is 6.51. The molecule has 0 radical (unpaired) electrons. The number of methoxy groups -OCH3 is 2. The molecule has 0 amide bonds. The van der Waals surface area contributed by atoms with Gasteiger partial charge in [0.05, 0.1) is 39.5 Å². The summed E-state index contributed by atoms with van der Waals surface area (Å²) in [7, 11) is 3.31. The summed E-state index contributed by atoms with van der Waals surface area (Å²) in [4.78, 5) is 21.8. The van der Waals surface area contributed by atoms with Crippen molar-refractivity contribution in [1.82, 2.24) is 4.90 Å². The van der Waals surface area contributed by atoms with Crippen molar-refractivity contribution in [3.8, 4) is 11.5 Å². The first-order valence-corrected chi connectivity index (χ1v) is 11.6. The van der Waals surface area contributed by atoms with Crippen molar-refractivity contribution in [2.45, 2.75) is 69.3 Å². The standard InChI is InChI=1S/C20H31NO4.C4H6O5/c1-23-19-8-7-15(13-20(19)24-2)10-12-25-18-6-4-3-5-17(18)21-11-9-16(22)14-21;5-2(4(8)9)1-3(6)7/h7-8,13,16-18,22H,3-6,9-12,14H2,1-2H3;2,5H,1H2,(H,6,7)(H,8,9)/t16-,17?,18+;/m1./s1. The number of carboxylic acids is 2. The Hall–Kier alpha value is -2.40. The molecule has 0 aromatic heterocycles. The molecule has 10 heteroatoms. The smallest absolute Gasteiger partial charge is 0.333 e. The summed E-state index contributed by atoms with van der Waals surface area (Å²) in [5.74, 6) is -1.32. The number of hydrogen-bond donors (Lipinski definition) is 4. The number of aliphatic hydroxyl groups excluding tert-OH is 2. The van der Waals surface area contributed by atoms with E-state index in [1.165, 1.54) is 24.8 Å². The Kier molecular flexibility index (Phi) is 11.5. The second-order valence-corrected chi connectivity index (χ2v) is 8.59. The van der Waals surface area contributed by atoms with Gasteiger partial charge in [0.15, 0.2) is 17.6 Å². The molecule has 0 spiro atoms. The van der Waals surface area contributed by atoms with E-state index in [4.69, 9.17) is 29.5 Å². The number of nitrogens with zero attached hydrogens (tertiary/aromatic N) is 1. The molecule has 4 N–H and O–H groups in total. The van der Waals surface area contributed by atoms with E-state index >= 15 is 0 Å². The summed E-state index contributed by atoms with van der Waals surface area (Å²) in [5, 5.41) is 34.0. The van der Waals surface area contributed by atoms with Gasteiger partial charge in [0.1, 0.15) is 0 Å². The Morgan fingerprint density at radius 2 is 1.79 bits per heavy atom. The Morgan fingerprint density at radius 1 is 1.09 bits per heavy atom. The molecule has 10 nitrogen and oxygen atoms in total. The van der Waals surface area contributed by atoms with E-state index in [1.54, 1.807) is 14.2 Å². The summed E-state index contributed by atoms with van der Waals surface area (Å²) in [6.07, 6.45) is 4.18. The van der Waals surface area contributed by atoms with Gasteiger partial charge in [-0.15, -0.1) is 0 Å². The molecule has 3 rings (SSSR count). The van der Waals surface area contributed by atoms with Crippen molar-refractivity contribution < 1.29 is 44.2 Å². The minimum atomic E-state index is -1.79. The number of aliphatic carboxylic acids is 2. The minimum absolute atomic E-state index is 0.158. The van der Waals surface area contributed by atoms with Crippen LogP contribution in [0.1, 0.15) is 44.1 Å². The van der Waals surface area contributed by atoms with Gasteiger partial charge in [-0.1, -0.05) is 18.9 Å². The number of hydrogen-bond acceptors (Lipinski definition) is 8. The Labute approximate surface area is 200 Å². The van der Waals surface area contributed by atoms with Crippen molar-refractivity contribution in [1.29, 1.82) is 0 Å². The Balaban J connectivity index is 0.000000387. The number of benzene rings is 1. The minimum Gasteiger partial charge on any atom is -0.493 e. The Bertz CT molecular complexity index is 788. The van der Waals surface area contributed by atoms with Gasteiger partial charge in [0.2, 0.25) is 0 Å². The van der Waals surface area contributed by atoms with Gasteiger partial charge in [-0.2, -0.15) is 0 Å². The van der Waals surface area contributed by atoms with Crippen LogP contribution in [0, 0.1) is 0 Å². The molecular formula is C24H37NO9. The average Bonchev–Trinajstić information content (AvgIpc) is 3.25. The first-order valence-electron chi connectivity index (χ1n) is 11.6. The van der Waals surface area contributed by atoms with Crippen LogP contribution in [-0.4, -0.2) is 95.5 Å². The fraction of sp³-hybridized carbons (Fsp3) is 0.667. The number of rotatable bonds is 10. The molecular weight excluding hydrogens is 446 g/mol. The van der Waals surface area contributed by atoms with Crippen molar-refractivity contribution >= 4 is 11.9 Å². The summed E-state index contributed by atoms with van der Waals surface area (Å²) < 4.78 is 16.9. The maximum absolute atomic E-state index is 9.83. The van der Waals surface area contributed by atoms with Gasteiger partial charge >= 0.3 is 11.9 Å². The van der Waals surface area contributed by atoms with Gasteiger partial charge in [-0.05, 0) is 43.4 Å². The van der Waals surface area contributed by atoms with Gasteiger partial charge in [0, 0.05) is 19.1 Å². The number of ether oxygens (including phenoxy) is 3. The molecule has 4 atom stereocenters. The van der Waals surface area contributed by atoms with Crippen molar-refractivity contribution in [3.63, 3.8) is 0 Å². The van der Waals surface area contributed by atoms with Crippen molar-refractivity contribution in [2.75, 3.05) is 33.9 Å². The van der Waals surface area contributed by atoms with E-state index in [-0.39, 0.29) is 6.10 Å². The van der Waals surface area contributed by atoms with Crippen LogP contribution in [0.2, 0.25) is 0 Å². The molecule has 1 saturated carbocycles. The third-order valence-corrected chi connectivity index (χ3v) is 6.16. The van der Waals surface area contributed by atoms with Gasteiger partial charge < -0.3 is 34.6 Å². The van der Waals surface area contributed by atoms with E-state index in [0.29, 0.717) is 18.8 Å². The zero-order valence-corrected chi connectivity index (χ0v) is 19.9. The quantitative estimate of drug-likeness (QED) is 0.386. The number of carbonyl (C=O) groups is 2. The lowest BCUT2D eigenvalue weighted by molar-refractivity contribution is -0.152. The zero-order chi connectivity index (χ0) is 25.1. The third-order valence-electron chi connectivity index (χ3n) is 6.16. The monoisotopic (exact) mass is 483 g/mol. The molecule has 1 aliphatic heterocycles. The second kappa shape index (κ2) is 14.1. The van der Waals surface area contributed by atoms with Crippen LogP contribution in [0.5, 0.6) is 11.5 Å². The highest BCUT2D eigenvalue weighted by molar-refractivity contribution is 5.79. The van der Waals surface area contributed by atoms with Crippen molar-refractivity contribution in [3.05, 3.63) is 23.8 Å². The van der Waals surface area contributed by atoms with E-state index in [2.05, 4.69) is 11.0 Å². The molecule has 1 heterocycles. The first-order chi connectivity index (χ1) is 16.2. The van der Waals surface area contributed by atoms with Crippen LogP contribution in [0.3, 0.4) is 0 Å². The molecule has 192 valence electrons. The van der Waals surface area contributed by atoms with E-state index in [0.717, 1.165) is 43.9 Å². The fourth-order valence-corrected chi connectivity index (χ4v) is 4.38. The normalized spacial score (nSPS) is 23.5. The van der Waals surface area contributed by atoms with Gasteiger partial charge in [-0.3, -0.25) is 9.69 Å². The van der Waals surface area contributed by atoms with Crippen LogP contribution in [0.4, 0.5) is 0 Å². The second-order valence-electron chi connectivity index (χ2n) is 8.59. The van der Waals surface area contributed by atoms with Crippen LogP contribution >= 0.6 is 0 Å². The summed E-state index contributed by atoms with van der Waals surface area (Å²) in [6.45, 7) is 2.52. The van der Waals surface area contributed by atoms with Gasteiger partial charge in [-0.25, -0.2) is 4.79 Å². The van der Waals surface area contributed by atoms with E-state index < -0.39 is 24.5 Å². The molecule has 1 aromatic carbocycles. The van der Waals surface area contributed by atoms with E-state index in [1.807, 2.05) is 12.1 Å².